The van der Waals surface area contributed by atoms with E-state index in [1.54, 1.807) is 0 Å². The van der Waals surface area contributed by atoms with Crippen LogP contribution in [-0.2, 0) is 11.8 Å². The van der Waals surface area contributed by atoms with Crippen LogP contribution in [0.3, 0.4) is 0 Å². The summed E-state index contributed by atoms with van der Waals surface area (Å²) < 4.78 is 6.64. The van der Waals surface area contributed by atoms with Crippen LogP contribution in [0, 0.1) is 5.92 Å². The minimum Gasteiger partial charge on any atom is -0.457 e. The molecule has 10 rings (SSSR count). The number of thiophene rings is 1. The van der Waals surface area contributed by atoms with Crippen LogP contribution >= 0.6 is 11.3 Å². The number of allylic oxidation sites excluding steroid dienone is 1. The predicted octanol–water partition coefficient (Wildman–Crippen LogP) is 10.4. The van der Waals surface area contributed by atoms with Crippen molar-refractivity contribution in [1.29, 1.82) is 0 Å². The van der Waals surface area contributed by atoms with E-state index in [1.165, 1.54) is 43.8 Å². The largest absolute Gasteiger partial charge is 0.457 e. The first-order chi connectivity index (χ1) is 23.7. The Kier molecular flexibility index (Phi) is 5.97. The van der Waals surface area contributed by atoms with Crippen LogP contribution < -0.4 is 4.74 Å². The molecule has 4 heterocycles. The molecule has 0 bridgehead atoms. The fourth-order valence-electron chi connectivity index (χ4n) is 8.33. The van der Waals surface area contributed by atoms with Crippen LogP contribution in [0.4, 0.5) is 0 Å². The molecule has 2 aliphatic carbocycles. The van der Waals surface area contributed by atoms with Crippen molar-refractivity contribution in [2.24, 2.45) is 5.92 Å². The third-order valence-corrected chi connectivity index (χ3v) is 11.1. The summed E-state index contributed by atoms with van der Waals surface area (Å²) in [5.41, 5.74) is 13.1. The molecule has 5 heteroatoms. The minimum atomic E-state index is -0.510. The average molecular weight is 636 g/mol. The summed E-state index contributed by atoms with van der Waals surface area (Å²) in [4.78, 5) is 16.5. The SMILES string of the molecule is CC1Cc2sccc2C2=C1C1(c3ccccc3Oc3ccccc31)c1cccc(-c3cc(-c4ccccn4)nc(-c4ccccc4)n3)c12. The van der Waals surface area contributed by atoms with Gasteiger partial charge in [0.25, 0.3) is 0 Å². The Morgan fingerprint density at radius 2 is 1.38 bits per heavy atom. The van der Waals surface area contributed by atoms with E-state index in [2.05, 4.69) is 103 Å². The van der Waals surface area contributed by atoms with Gasteiger partial charge in [-0.1, -0.05) is 97.9 Å². The molecule has 0 amide bonds. The number of benzene rings is 4. The highest BCUT2D eigenvalue weighted by Crippen LogP contribution is 2.66. The number of pyridine rings is 1. The molecular weight excluding hydrogens is 607 g/mol. The molecule has 3 aromatic heterocycles. The summed E-state index contributed by atoms with van der Waals surface area (Å²) in [5.74, 6) is 2.81. The second-order valence-corrected chi connectivity index (χ2v) is 13.8. The van der Waals surface area contributed by atoms with E-state index in [4.69, 9.17) is 19.7 Å². The van der Waals surface area contributed by atoms with Crippen LogP contribution in [-0.4, -0.2) is 15.0 Å². The van der Waals surface area contributed by atoms with Gasteiger partial charge in [-0.3, -0.25) is 4.98 Å². The maximum atomic E-state index is 6.64. The lowest BCUT2D eigenvalue weighted by molar-refractivity contribution is 0.424. The highest BCUT2D eigenvalue weighted by atomic mass is 32.1. The zero-order valence-electron chi connectivity index (χ0n) is 26.2. The zero-order chi connectivity index (χ0) is 31.8. The Bertz CT molecular complexity index is 2330. The highest BCUT2D eigenvalue weighted by Gasteiger charge is 2.55. The normalized spacial score (nSPS) is 16.4. The van der Waals surface area contributed by atoms with Crippen LogP contribution in [0.5, 0.6) is 11.5 Å². The lowest BCUT2D eigenvalue weighted by atomic mass is 9.61. The number of hydrogen-bond donors (Lipinski definition) is 0. The first kappa shape index (κ1) is 27.5. The second-order valence-electron chi connectivity index (χ2n) is 12.8. The summed E-state index contributed by atoms with van der Waals surface area (Å²) >= 11 is 1.87. The molecule has 48 heavy (non-hydrogen) atoms. The van der Waals surface area contributed by atoms with Crippen molar-refractivity contribution in [3.05, 3.63) is 177 Å². The van der Waals surface area contributed by atoms with Crippen molar-refractivity contribution < 1.29 is 4.74 Å². The molecule has 4 aromatic carbocycles. The molecule has 7 aromatic rings. The summed E-state index contributed by atoms with van der Waals surface area (Å²) in [5, 5.41) is 2.25. The second kappa shape index (κ2) is 10.4. The van der Waals surface area contributed by atoms with Crippen LogP contribution in [0.15, 0.2) is 145 Å². The molecule has 0 saturated heterocycles. The molecule has 0 radical (unpaired) electrons. The topological polar surface area (TPSA) is 47.9 Å². The summed E-state index contributed by atoms with van der Waals surface area (Å²) in [6.45, 7) is 2.41. The fraction of sp³-hybridized carbons (Fsp3) is 0.0930. The molecule has 1 unspecified atom stereocenters. The Morgan fingerprint density at radius 3 is 2.15 bits per heavy atom. The van der Waals surface area contributed by atoms with Crippen molar-refractivity contribution in [3.8, 4) is 45.5 Å². The fourth-order valence-corrected chi connectivity index (χ4v) is 9.35. The van der Waals surface area contributed by atoms with E-state index in [9.17, 15) is 0 Å². The highest BCUT2D eigenvalue weighted by molar-refractivity contribution is 7.10. The van der Waals surface area contributed by atoms with Crippen LogP contribution in [0.2, 0.25) is 0 Å². The van der Waals surface area contributed by atoms with Crippen molar-refractivity contribution in [1.82, 2.24) is 15.0 Å². The molecule has 1 aliphatic heterocycles. The number of ether oxygens (including phenoxy) is 1. The van der Waals surface area contributed by atoms with Gasteiger partial charge in [-0.2, -0.15) is 0 Å². The van der Waals surface area contributed by atoms with E-state index in [-0.39, 0.29) is 0 Å². The lowest BCUT2D eigenvalue weighted by Gasteiger charge is -2.43. The van der Waals surface area contributed by atoms with Gasteiger partial charge in [0.1, 0.15) is 11.5 Å². The Hall–Kier alpha value is -5.65. The van der Waals surface area contributed by atoms with Gasteiger partial charge >= 0.3 is 0 Å². The summed E-state index contributed by atoms with van der Waals surface area (Å²) in [7, 11) is 0. The van der Waals surface area contributed by atoms with Gasteiger partial charge in [0.15, 0.2) is 5.82 Å². The standard InChI is InChI=1S/C43H29N3OS/c1-26-24-38-29(21-23-48-38)40-39-28(34-25-35(33-18-9-10-22-44-33)46-42(45-34)27-12-3-2-4-13-27)14-11-17-32(39)43(41(26)40)30-15-5-7-19-36(30)47-37-20-8-6-16-31(37)43/h2-23,25-26H,24H2,1H3. The van der Waals surface area contributed by atoms with E-state index in [1.807, 2.05) is 53.9 Å². The molecule has 4 nitrogen and oxygen atoms in total. The Balaban J connectivity index is 1.34. The van der Waals surface area contributed by atoms with Gasteiger partial charge in [0.05, 0.1) is 22.5 Å². The third-order valence-electron chi connectivity index (χ3n) is 10.2. The number of hydrogen-bond acceptors (Lipinski definition) is 5. The quantitative estimate of drug-likeness (QED) is 0.194. The van der Waals surface area contributed by atoms with Crippen molar-refractivity contribution >= 4 is 16.9 Å². The van der Waals surface area contributed by atoms with Crippen LogP contribution in [0.1, 0.15) is 39.6 Å². The smallest absolute Gasteiger partial charge is 0.160 e. The van der Waals surface area contributed by atoms with Gasteiger partial charge < -0.3 is 4.74 Å². The van der Waals surface area contributed by atoms with Gasteiger partial charge in [-0.05, 0) is 82.0 Å². The number of para-hydroxylation sites is 2. The minimum absolute atomic E-state index is 0.306. The third kappa shape index (κ3) is 3.79. The van der Waals surface area contributed by atoms with E-state index < -0.39 is 5.41 Å². The zero-order valence-corrected chi connectivity index (χ0v) is 27.0. The summed E-state index contributed by atoms with van der Waals surface area (Å²) in [6, 6.07) is 44.7. The molecule has 1 spiro atoms. The van der Waals surface area contributed by atoms with Gasteiger partial charge in [0.2, 0.25) is 0 Å². The number of rotatable bonds is 3. The van der Waals surface area contributed by atoms with Crippen LogP contribution in [0.25, 0.3) is 39.6 Å². The lowest BCUT2D eigenvalue weighted by Crippen LogP contribution is -2.36. The molecule has 0 N–H and O–H groups in total. The monoisotopic (exact) mass is 635 g/mol. The average Bonchev–Trinajstić information content (AvgIpc) is 3.74. The van der Waals surface area contributed by atoms with E-state index in [0.717, 1.165) is 46.1 Å². The predicted molar refractivity (Wildman–Crippen MR) is 192 cm³/mol. The van der Waals surface area contributed by atoms with Crippen molar-refractivity contribution in [3.63, 3.8) is 0 Å². The van der Waals surface area contributed by atoms with Gasteiger partial charge in [-0.15, -0.1) is 11.3 Å². The molecular formula is C43H29N3OS. The maximum Gasteiger partial charge on any atom is 0.160 e. The summed E-state index contributed by atoms with van der Waals surface area (Å²) in [6.07, 6.45) is 2.83. The number of fused-ring (bicyclic) bond motifs is 10. The first-order valence-corrected chi connectivity index (χ1v) is 17.3. The Morgan fingerprint density at radius 1 is 0.667 bits per heavy atom. The molecule has 3 aliphatic rings. The van der Waals surface area contributed by atoms with Gasteiger partial charge in [-0.25, -0.2) is 9.97 Å². The number of nitrogens with zero attached hydrogens (tertiary/aromatic N) is 3. The van der Waals surface area contributed by atoms with Gasteiger partial charge in [0, 0.05) is 33.3 Å². The maximum absolute atomic E-state index is 6.64. The first-order valence-electron chi connectivity index (χ1n) is 16.4. The molecule has 1 atom stereocenters. The molecule has 0 saturated carbocycles. The van der Waals surface area contributed by atoms with E-state index in [0.29, 0.717) is 11.7 Å². The Labute approximate surface area is 283 Å². The van der Waals surface area contributed by atoms with Crippen molar-refractivity contribution in [2.75, 3.05) is 0 Å². The van der Waals surface area contributed by atoms with E-state index >= 15 is 0 Å². The van der Waals surface area contributed by atoms with Crippen molar-refractivity contribution in [2.45, 2.75) is 18.8 Å². The molecule has 0 fully saturated rings. The molecule has 228 valence electrons. The number of aromatic nitrogens is 3.